The monoisotopic (exact) mass is 374 g/mol. The molecule has 0 saturated heterocycles. The lowest BCUT2D eigenvalue weighted by Crippen LogP contribution is -2.40. The minimum atomic E-state index is 0.148. The van der Waals surface area contributed by atoms with Crippen LogP contribution in [0.15, 0.2) is 59.7 Å². The Bertz CT molecular complexity index is 898. The summed E-state index contributed by atoms with van der Waals surface area (Å²) < 4.78 is 11.3. The third kappa shape index (κ3) is 2.81. The van der Waals surface area contributed by atoms with Crippen LogP contribution >= 0.6 is 0 Å². The maximum atomic E-state index is 5.78. The molecule has 1 saturated carbocycles. The van der Waals surface area contributed by atoms with Gasteiger partial charge in [0.15, 0.2) is 0 Å². The fourth-order valence-corrected chi connectivity index (χ4v) is 6.24. The minimum absolute atomic E-state index is 0.148. The molecule has 2 aromatic carbocycles. The van der Waals surface area contributed by atoms with Crippen LogP contribution in [0, 0.1) is 5.92 Å². The van der Waals surface area contributed by atoms with Crippen molar-refractivity contribution in [2.45, 2.75) is 56.5 Å². The van der Waals surface area contributed by atoms with E-state index in [2.05, 4.69) is 48.5 Å². The van der Waals surface area contributed by atoms with Gasteiger partial charge in [-0.1, -0.05) is 47.5 Å². The van der Waals surface area contributed by atoms with Crippen LogP contribution in [0.5, 0.6) is 5.75 Å². The summed E-state index contributed by atoms with van der Waals surface area (Å²) in [4.78, 5) is 0. The predicted octanol–water partition coefficient (Wildman–Crippen LogP) is 5.64. The summed E-state index contributed by atoms with van der Waals surface area (Å²) in [7, 11) is 3.65. The molecule has 3 aliphatic carbocycles. The second-order valence-electron chi connectivity index (χ2n) is 8.80. The Kier molecular flexibility index (Phi) is 4.55. The lowest BCUT2D eigenvalue weighted by molar-refractivity contribution is 0.106. The van der Waals surface area contributed by atoms with Gasteiger partial charge in [0, 0.05) is 12.5 Å². The van der Waals surface area contributed by atoms with Crippen LogP contribution in [0.1, 0.15) is 48.8 Å². The lowest BCUT2D eigenvalue weighted by Gasteiger charge is -2.47. The number of ether oxygens (including phenoxy) is 2. The van der Waals surface area contributed by atoms with E-state index >= 15 is 0 Å². The average molecular weight is 375 g/mol. The molecule has 1 unspecified atom stereocenters. The number of hydrogen-bond donors (Lipinski definition) is 0. The summed E-state index contributed by atoms with van der Waals surface area (Å²) in [6, 6.07) is 17.9. The van der Waals surface area contributed by atoms with Crippen LogP contribution in [0.25, 0.3) is 0 Å². The Morgan fingerprint density at radius 3 is 2.68 bits per heavy atom. The van der Waals surface area contributed by atoms with Crippen molar-refractivity contribution in [1.82, 2.24) is 0 Å². The lowest BCUT2D eigenvalue weighted by atomic mass is 9.57. The van der Waals surface area contributed by atoms with E-state index in [0.717, 1.165) is 30.9 Å². The van der Waals surface area contributed by atoms with E-state index in [-0.39, 0.29) is 5.41 Å². The summed E-state index contributed by atoms with van der Waals surface area (Å²) in [5.41, 5.74) is 8.10. The van der Waals surface area contributed by atoms with Crippen LogP contribution in [0.2, 0.25) is 0 Å². The molecule has 0 aromatic heterocycles. The van der Waals surface area contributed by atoms with Gasteiger partial charge in [0.1, 0.15) is 5.75 Å². The predicted molar refractivity (Wildman–Crippen MR) is 113 cm³/mol. The molecule has 2 nitrogen and oxygen atoms in total. The van der Waals surface area contributed by atoms with Crippen molar-refractivity contribution in [3.63, 3.8) is 0 Å². The molecule has 2 aromatic rings. The zero-order valence-corrected chi connectivity index (χ0v) is 17.0. The van der Waals surface area contributed by atoms with E-state index in [1.54, 1.807) is 23.8 Å². The van der Waals surface area contributed by atoms with Crippen LogP contribution in [-0.2, 0) is 23.0 Å². The highest BCUT2D eigenvalue weighted by Gasteiger charge is 2.48. The topological polar surface area (TPSA) is 18.5 Å². The molecule has 0 heterocycles. The molecular formula is C26H30O2. The zero-order chi connectivity index (χ0) is 19.1. The van der Waals surface area contributed by atoms with Crippen molar-refractivity contribution in [3.05, 3.63) is 76.4 Å². The second kappa shape index (κ2) is 7.08. The van der Waals surface area contributed by atoms with Gasteiger partial charge in [-0.25, -0.2) is 0 Å². The highest BCUT2D eigenvalue weighted by atomic mass is 16.5. The van der Waals surface area contributed by atoms with Gasteiger partial charge in [-0.15, -0.1) is 0 Å². The summed E-state index contributed by atoms with van der Waals surface area (Å²) >= 11 is 0. The molecule has 0 amide bonds. The van der Waals surface area contributed by atoms with Crippen LogP contribution < -0.4 is 4.74 Å². The van der Waals surface area contributed by atoms with Crippen molar-refractivity contribution in [3.8, 4) is 5.75 Å². The Balaban J connectivity index is 1.66. The Morgan fingerprint density at radius 2 is 1.89 bits per heavy atom. The van der Waals surface area contributed by atoms with Gasteiger partial charge in [-0.3, -0.25) is 0 Å². The second-order valence-corrected chi connectivity index (χ2v) is 8.80. The molecule has 0 N–H and O–H groups in total. The van der Waals surface area contributed by atoms with E-state index < -0.39 is 0 Å². The van der Waals surface area contributed by atoms with E-state index in [4.69, 9.17) is 9.47 Å². The van der Waals surface area contributed by atoms with Crippen molar-refractivity contribution in [2.24, 2.45) is 5.92 Å². The number of allylic oxidation sites excluding steroid dienone is 1. The summed E-state index contributed by atoms with van der Waals surface area (Å²) in [5, 5.41) is 0. The first kappa shape index (κ1) is 18.0. The van der Waals surface area contributed by atoms with Crippen molar-refractivity contribution >= 4 is 0 Å². The largest absolute Gasteiger partial charge is 0.497 e. The number of aryl methyl sites for hydroxylation is 1. The first-order valence-corrected chi connectivity index (χ1v) is 10.7. The Morgan fingerprint density at radius 1 is 1.04 bits per heavy atom. The summed E-state index contributed by atoms with van der Waals surface area (Å²) in [5.74, 6) is 1.72. The number of fused-ring (bicyclic) bond motifs is 4. The highest BCUT2D eigenvalue weighted by Crippen LogP contribution is 2.56. The highest BCUT2D eigenvalue weighted by molar-refractivity contribution is 5.53. The molecule has 0 aliphatic heterocycles. The van der Waals surface area contributed by atoms with Gasteiger partial charge >= 0.3 is 0 Å². The third-order valence-electron chi connectivity index (χ3n) is 7.53. The molecule has 5 rings (SSSR count). The van der Waals surface area contributed by atoms with Gasteiger partial charge in [0.2, 0.25) is 0 Å². The standard InChI is InChI=1S/C26H30O2/c1-27-21-9-11-24-20(15-21)8-10-25-23-16-22(28-2)14-19(23)12-13-26(24,25)17-18-6-4-3-5-7-18/h3-7,9,11,15,19,22H,8,10,12-14,16-17H2,1-2H3/t19?,22-,26-/m1/s1. The molecule has 146 valence electrons. The van der Waals surface area contributed by atoms with Gasteiger partial charge in [0.05, 0.1) is 13.2 Å². The molecule has 3 aliphatic rings. The van der Waals surface area contributed by atoms with Crippen LogP contribution in [0.3, 0.4) is 0 Å². The third-order valence-corrected chi connectivity index (χ3v) is 7.53. The number of rotatable bonds is 4. The number of benzene rings is 2. The number of methoxy groups -OCH3 is 2. The summed E-state index contributed by atoms with van der Waals surface area (Å²) in [6.07, 6.45) is 8.73. The van der Waals surface area contributed by atoms with Crippen LogP contribution in [-0.4, -0.2) is 20.3 Å². The first-order valence-electron chi connectivity index (χ1n) is 10.7. The maximum absolute atomic E-state index is 5.78. The van der Waals surface area contributed by atoms with E-state index in [9.17, 15) is 0 Å². The van der Waals surface area contributed by atoms with E-state index in [0.29, 0.717) is 6.10 Å². The molecule has 2 heteroatoms. The number of hydrogen-bond acceptors (Lipinski definition) is 2. The molecule has 0 bridgehead atoms. The Hall–Kier alpha value is -2.06. The molecule has 3 atom stereocenters. The average Bonchev–Trinajstić information content (AvgIpc) is 3.17. The molecule has 1 fully saturated rings. The quantitative estimate of drug-likeness (QED) is 0.645. The fourth-order valence-electron chi connectivity index (χ4n) is 6.24. The normalized spacial score (nSPS) is 28.5. The van der Waals surface area contributed by atoms with Crippen molar-refractivity contribution in [1.29, 1.82) is 0 Å². The zero-order valence-electron chi connectivity index (χ0n) is 17.0. The van der Waals surface area contributed by atoms with Gasteiger partial charge in [0.25, 0.3) is 0 Å². The fraction of sp³-hybridized carbons (Fsp3) is 0.462. The summed E-state index contributed by atoms with van der Waals surface area (Å²) in [6.45, 7) is 0. The van der Waals surface area contributed by atoms with Crippen LogP contribution in [0.4, 0.5) is 0 Å². The minimum Gasteiger partial charge on any atom is -0.497 e. The van der Waals surface area contributed by atoms with Crippen molar-refractivity contribution in [2.75, 3.05) is 14.2 Å². The van der Waals surface area contributed by atoms with E-state index in [1.807, 2.05) is 7.11 Å². The van der Waals surface area contributed by atoms with Gasteiger partial charge in [-0.2, -0.15) is 0 Å². The van der Waals surface area contributed by atoms with E-state index in [1.165, 1.54) is 36.8 Å². The smallest absolute Gasteiger partial charge is 0.119 e. The SMILES string of the molecule is COc1ccc2c(c1)CCC1=C3C[C@H](OC)CC3CC[C@]12Cc1ccccc1. The molecular weight excluding hydrogens is 344 g/mol. The molecule has 0 radical (unpaired) electrons. The van der Waals surface area contributed by atoms with Gasteiger partial charge < -0.3 is 9.47 Å². The Labute approximate surface area is 168 Å². The maximum Gasteiger partial charge on any atom is 0.119 e. The molecule has 28 heavy (non-hydrogen) atoms. The van der Waals surface area contributed by atoms with Crippen molar-refractivity contribution < 1.29 is 9.47 Å². The molecule has 0 spiro atoms. The first-order chi connectivity index (χ1) is 13.7. The van der Waals surface area contributed by atoms with Gasteiger partial charge in [-0.05, 0) is 79.7 Å².